The summed E-state index contributed by atoms with van der Waals surface area (Å²) in [5.41, 5.74) is 6.96. The molecule has 0 saturated carbocycles. The average molecular weight is 473 g/mol. The predicted octanol–water partition coefficient (Wildman–Crippen LogP) is 3.92. The third kappa shape index (κ3) is 2.68. The van der Waals surface area contributed by atoms with Crippen LogP contribution in [0.25, 0.3) is 0 Å². The highest BCUT2D eigenvalue weighted by Crippen LogP contribution is 2.56. The molecule has 2 aromatic rings. The number of benzene rings is 2. The summed E-state index contributed by atoms with van der Waals surface area (Å²) in [6.07, 6.45) is 6.74. The summed E-state index contributed by atoms with van der Waals surface area (Å²) in [6, 6.07) is 13.1. The number of carbonyl (C=O) groups is 2. The Morgan fingerprint density at radius 3 is 2.68 bits per heavy atom. The molecule has 34 heavy (non-hydrogen) atoms. The third-order valence-corrected chi connectivity index (χ3v) is 6.88. The molecule has 0 fully saturated rings. The van der Waals surface area contributed by atoms with Crippen LogP contribution in [0, 0.1) is 29.5 Å². The zero-order chi connectivity index (χ0) is 24.2. The van der Waals surface area contributed by atoms with Crippen LogP contribution in [-0.2, 0) is 15.0 Å². The van der Waals surface area contributed by atoms with Crippen LogP contribution in [0.4, 0.5) is 15.8 Å². The SMILES string of the molecule is C#CCN1C(=O)[C@@]2(C(C#N)=C(N)N(c3ccc(F)c(Cl)c3)C3=C2C(=O)CCC3)c2ccccc21. The molecule has 0 unspecified atom stereocenters. The normalized spacial score (nSPS) is 21.5. The van der Waals surface area contributed by atoms with E-state index in [4.69, 9.17) is 23.8 Å². The number of anilines is 2. The van der Waals surface area contributed by atoms with Crippen molar-refractivity contribution in [1.29, 1.82) is 5.26 Å². The average Bonchev–Trinajstić information content (AvgIpc) is 3.06. The monoisotopic (exact) mass is 472 g/mol. The second-order valence-corrected chi connectivity index (χ2v) is 8.67. The van der Waals surface area contributed by atoms with Crippen LogP contribution in [0.1, 0.15) is 24.8 Å². The van der Waals surface area contributed by atoms with Gasteiger partial charge >= 0.3 is 0 Å². The van der Waals surface area contributed by atoms with Gasteiger partial charge in [0, 0.05) is 34.6 Å². The summed E-state index contributed by atoms with van der Waals surface area (Å²) in [6.45, 7) is -0.0235. The molecular weight excluding hydrogens is 455 g/mol. The van der Waals surface area contributed by atoms with Gasteiger partial charge in [-0.15, -0.1) is 6.42 Å². The molecular formula is C26H18ClFN4O2. The van der Waals surface area contributed by atoms with Crippen molar-refractivity contribution in [3.8, 4) is 18.4 Å². The molecule has 2 heterocycles. The van der Waals surface area contributed by atoms with Gasteiger partial charge in [0.1, 0.15) is 23.1 Å². The summed E-state index contributed by atoms with van der Waals surface area (Å²) < 4.78 is 13.9. The molecule has 1 aliphatic carbocycles. The highest BCUT2D eigenvalue weighted by molar-refractivity contribution is 6.31. The Hall–Kier alpha value is -4.07. The van der Waals surface area contributed by atoms with Gasteiger partial charge in [-0.1, -0.05) is 35.7 Å². The Morgan fingerprint density at radius 1 is 1.21 bits per heavy atom. The van der Waals surface area contributed by atoms with Gasteiger partial charge in [-0.3, -0.25) is 19.4 Å². The van der Waals surface area contributed by atoms with E-state index >= 15 is 0 Å². The molecule has 8 heteroatoms. The molecule has 1 amide bonds. The molecule has 2 aliphatic heterocycles. The standard InChI is InChI=1S/C26H18ClFN4O2/c1-2-12-31-20-7-4-3-6-16(20)26(25(31)34)17(14-29)24(30)32(15-10-11-19(28)18(27)13-15)21-8-5-9-22(33)23(21)26/h1,3-4,6-7,10-11,13H,5,8-9,12,30H2/t26-/m1/s1. The van der Waals surface area contributed by atoms with Gasteiger partial charge < -0.3 is 5.73 Å². The van der Waals surface area contributed by atoms with Crippen molar-refractivity contribution < 1.29 is 14.0 Å². The largest absolute Gasteiger partial charge is 0.384 e. The molecule has 5 rings (SSSR count). The van der Waals surface area contributed by atoms with E-state index < -0.39 is 17.1 Å². The Morgan fingerprint density at radius 2 is 1.97 bits per heavy atom. The van der Waals surface area contributed by atoms with Crippen molar-refractivity contribution in [3.05, 3.63) is 81.5 Å². The number of allylic oxidation sites excluding steroid dienone is 1. The van der Waals surface area contributed by atoms with Crippen LogP contribution in [-0.4, -0.2) is 18.2 Å². The summed E-state index contributed by atoms with van der Waals surface area (Å²) >= 11 is 6.03. The molecule has 0 bridgehead atoms. The molecule has 1 spiro atoms. The fourth-order valence-electron chi connectivity index (χ4n) is 5.30. The van der Waals surface area contributed by atoms with Crippen molar-refractivity contribution in [2.24, 2.45) is 5.73 Å². The van der Waals surface area contributed by atoms with Crippen molar-refractivity contribution in [2.45, 2.75) is 24.7 Å². The van der Waals surface area contributed by atoms with Crippen LogP contribution in [0.2, 0.25) is 5.02 Å². The maximum Gasteiger partial charge on any atom is 0.248 e. The summed E-state index contributed by atoms with van der Waals surface area (Å²) in [4.78, 5) is 30.6. The molecule has 6 nitrogen and oxygen atoms in total. The lowest BCUT2D eigenvalue weighted by atomic mass is 9.64. The van der Waals surface area contributed by atoms with Crippen LogP contribution in [0.15, 0.2) is 65.1 Å². The number of ketones is 1. The van der Waals surface area contributed by atoms with Gasteiger partial charge in [0.15, 0.2) is 5.78 Å². The molecule has 2 N–H and O–H groups in total. The van der Waals surface area contributed by atoms with Gasteiger partial charge in [0.25, 0.3) is 0 Å². The minimum absolute atomic E-state index is 0.00987. The van der Waals surface area contributed by atoms with E-state index in [2.05, 4.69) is 12.0 Å². The summed E-state index contributed by atoms with van der Waals surface area (Å²) in [5.74, 6) is 1.14. The van der Waals surface area contributed by atoms with E-state index in [1.54, 1.807) is 29.2 Å². The molecule has 3 aliphatic rings. The number of nitriles is 1. The molecule has 1 atom stereocenters. The summed E-state index contributed by atoms with van der Waals surface area (Å²) in [7, 11) is 0. The summed E-state index contributed by atoms with van der Waals surface area (Å²) in [5, 5.41) is 10.2. The molecule has 168 valence electrons. The smallest absolute Gasteiger partial charge is 0.248 e. The number of fused-ring (bicyclic) bond motifs is 3. The molecule has 0 aromatic heterocycles. The van der Waals surface area contributed by atoms with Crippen LogP contribution in [0.3, 0.4) is 0 Å². The number of hydrogen-bond acceptors (Lipinski definition) is 5. The Balaban J connectivity index is 1.88. The van der Waals surface area contributed by atoms with Gasteiger partial charge in [-0.25, -0.2) is 4.39 Å². The van der Waals surface area contributed by atoms with Crippen LogP contribution < -0.4 is 15.5 Å². The maximum absolute atomic E-state index is 14.1. The van der Waals surface area contributed by atoms with Crippen molar-refractivity contribution in [1.82, 2.24) is 0 Å². The number of amides is 1. The number of halogens is 2. The van der Waals surface area contributed by atoms with E-state index in [0.29, 0.717) is 35.5 Å². The second kappa shape index (κ2) is 7.76. The lowest BCUT2D eigenvalue weighted by Gasteiger charge is -2.43. The van der Waals surface area contributed by atoms with E-state index in [9.17, 15) is 19.2 Å². The number of hydrogen-bond donors (Lipinski definition) is 1. The van der Waals surface area contributed by atoms with Gasteiger partial charge in [-0.2, -0.15) is 5.26 Å². The number of nitrogens with two attached hydrogens (primary N) is 1. The number of rotatable bonds is 2. The fourth-order valence-corrected chi connectivity index (χ4v) is 5.47. The lowest BCUT2D eigenvalue weighted by molar-refractivity contribution is -0.124. The van der Waals surface area contributed by atoms with Crippen LogP contribution in [0.5, 0.6) is 0 Å². The predicted molar refractivity (Wildman–Crippen MR) is 126 cm³/mol. The molecule has 0 saturated heterocycles. The van der Waals surface area contributed by atoms with Crippen molar-refractivity contribution in [2.75, 3.05) is 16.3 Å². The minimum Gasteiger partial charge on any atom is -0.384 e. The van der Waals surface area contributed by atoms with Gasteiger partial charge in [0.05, 0.1) is 17.1 Å². The second-order valence-electron chi connectivity index (χ2n) is 8.27. The zero-order valence-electron chi connectivity index (χ0n) is 17.9. The third-order valence-electron chi connectivity index (χ3n) is 6.59. The Labute approximate surface area is 200 Å². The fraction of sp³-hybridized carbons (Fsp3) is 0.192. The maximum atomic E-state index is 14.1. The first-order valence-corrected chi connectivity index (χ1v) is 11.0. The van der Waals surface area contributed by atoms with Gasteiger partial charge in [0.2, 0.25) is 5.91 Å². The first kappa shape index (κ1) is 21.8. The molecule has 0 radical (unpaired) electrons. The first-order valence-electron chi connectivity index (χ1n) is 10.6. The van der Waals surface area contributed by atoms with Crippen LogP contribution >= 0.6 is 11.6 Å². The number of Topliss-reactive ketones (excluding diaryl/α,β-unsaturated/α-hetero) is 1. The lowest BCUT2D eigenvalue weighted by Crippen LogP contribution is -2.52. The number of carbonyl (C=O) groups excluding carboxylic acids is 2. The van der Waals surface area contributed by atoms with E-state index in [-0.39, 0.29) is 40.7 Å². The number of para-hydroxylation sites is 1. The Bertz CT molecular complexity index is 1430. The minimum atomic E-state index is -1.70. The first-order chi connectivity index (χ1) is 16.4. The van der Waals surface area contributed by atoms with E-state index in [0.717, 1.165) is 0 Å². The van der Waals surface area contributed by atoms with E-state index in [1.165, 1.54) is 23.1 Å². The van der Waals surface area contributed by atoms with E-state index in [1.807, 2.05) is 0 Å². The molecule has 2 aromatic carbocycles. The Kier molecular flexibility index (Phi) is 4.97. The highest BCUT2D eigenvalue weighted by atomic mass is 35.5. The topological polar surface area (TPSA) is 90.4 Å². The van der Waals surface area contributed by atoms with Crippen molar-refractivity contribution in [3.63, 3.8) is 0 Å². The quantitative estimate of drug-likeness (QED) is 0.669. The van der Waals surface area contributed by atoms with Crippen molar-refractivity contribution >= 4 is 34.7 Å². The number of terminal acetylenes is 1. The number of nitrogens with zero attached hydrogens (tertiary/aromatic N) is 3. The van der Waals surface area contributed by atoms with Gasteiger partial charge in [-0.05, 0) is 37.1 Å². The highest BCUT2D eigenvalue weighted by Gasteiger charge is 2.62. The zero-order valence-corrected chi connectivity index (χ0v) is 18.7.